The normalized spacial score (nSPS) is 12.7. The van der Waals surface area contributed by atoms with Crippen LogP contribution in [0.15, 0.2) is 28.7 Å². The van der Waals surface area contributed by atoms with Gasteiger partial charge in [0.15, 0.2) is 0 Å². The van der Waals surface area contributed by atoms with Crippen LogP contribution >= 0.6 is 27.3 Å². The Morgan fingerprint density at radius 1 is 1.37 bits per heavy atom. The van der Waals surface area contributed by atoms with Gasteiger partial charge in [-0.25, -0.2) is 4.39 Å². The topological polar surface area (TPSA) is 38.0 Å². The average Bonchev–Trinajstić information content (AvgIpc) is 2.68. The summed E-state index contributed by atoms with van der Waals surface area (Å²) in [5.74, 6) is 5.42. The lowest BCUT2D eigenvalue weighted by Gasteiger charge is -2.15. The molecule has 0 radical (unpaired) electrons. The van der Waals surface area contributed by atoms with Gasteiger partial charge in [0.05, 0.1) is 6.04 Å². The number of hydrazine groups is 1. The van der Waals surface area contributed by atoms with E-state index in [9.17, 15) is 4.39 Å². The fraction of sp³-hybridized carbons (Fsp3) is 0.286. The lowest BCUT2D eigenvalue weighted by atomic mass is 10.0. The third kappa shape index (κ3) is 3.42. The number of halogens is 2. The molecule has 0 spiro atoms. The first-order valence-electron chi connectivity index (χ1n) is 5.98. The predicted molar refractivity (Wildman–Crippen MR) is 81.7 cm³/mol. The van der Waals surface area contributed by atoms with Gasteiger partial charge in [-0.2, -0.15) is 0 Å². The SMILES string of the molecule is Cc1cc(C(Cc2ccc(F)cc2Br)NN)sc1C. The molecule has 0 aliphatic rings. The first-order chi connectivity index (χ1) is 9.01. The number of hydrogen-bond acceptors (Lipinski definition) is 3. The molecule has 0 aliphatic carbocycles. The van der Waals surface area contributed by atoms with Crippen LogP contribution < -0.4 is 11.3 Å². The van der Waals surface area contributed by atoms with Crippen molar-refractivity contribution in [3.8, 4) is 0 Å². The molecule has 3 N–H and O–H groups in total. The molecule has 1 heterocycles. The average molecular weight is 343 g/mol. The van der Waals surface area contributed by atoms with Crippen LogP contribution in [0.4, 0.5) is 4.39 Å². The zero-order valence-corrected chi connectivity index (χ0v) is 13.2. The second-order valence-corrected chi connectivity index (χ2v) is 6.69. The van der Waals surface area contributed by atoms with Crippen LogP contribution in [0.2, 0.25) is 0 Å². The number of benzene rings is 1. The summed E-state index contributed by atoms with van der Waals surface area (Å²) in [5, 5.41) is 0. The standard InChI is InChI=1S/C14H16BrFN2S/c1-8-5-14(19-9(8)2)13(18-17)6-10-3-4-11(16)7-12(10)15/h3-5,7,13,18H,6,17H2,1-2H3. The number of rotatable bonds is 4. The quantitative estimate of drug-likeness (QED) is 0.650. The molecule has 19 heavy (non-hydrogen) atoms. The molecule has 1 aromatic carbocycles. The Balaban J connectivity index is 2.23. The largest absolute Gasteiger partial charge is 0.271 e. The number of aryl methyl sites for hydroxylation is 2. The molecule has 2 rings (SSSR count). The minimum absolute atomic E-state index is 0.0409. The Bertz CT molecular complexity index is 563. The van der Waals surface area contributed by atoms with E-state index >= 15 is 0 Å². The van der Waals surface area contributed by atoms with Crippen LogP contribution in [0.5, 0.6) is 0 Å². The maximum atomic E-state index is 13.1. The number of nitrogens with two attached hydrogens (primary N) is 1. The number of nitrogens with one attached hydrogen (secondary N) is 1. The summed E-state index contributed by atoms with van der Waals surface area (Å²) in [6.07, 6.45) is 0.719. The van der Waals surface area contributed by atoms with Gasteiger partial charge >= 0.3 is 0 Å². The van der Waals surface area contributed by atoms with Gasteiger partial charge in [-0.15, -0.1) is 11.3 Å². The molecule has 0 bridgehead atoms. The van der Waals surface area contributed by atoms with Crippen LogP contribution in [0.3, 0.4) is 0 Å². The van der Waals surface area contributed by atoms with Crippen molar-refractivity contribution in [3.63, 3.8) is 0 Å². The molecule has 1 unspecified atom stereocenters. The third-order valence-electron chi connectivity index (χ3n) is 3.17. The molecule has 5 heteroatoms. The zero-order chi connectivity index (χ0) is 14.0. The van der Waals surface area contributed by atoms with Gasteiger partial charge < -0.3 is 0 Å². The molecule has 1 atom stereocenters. The van der Waals surface area contributed by atoms with E-state index in [-0.39, 0.29) is 11.9 Å². The van der Waals surface area contributed by atoms with E-state index in [0.717, 1.165) is 16.5 Å². The lowest BCUT2D eigenvalue weighted by molar-refractivity contribution is 0.558. The summed E-state index contributed by atoms with van der Waals surface area (Å²) < 4.78 is 13.9. The van der Waals surface area contributed by atoms with Crippen molar-refractivity contribution in [1.29, 1.82) is 0 Å². The summed E-state index contributed by atoms with van der Waals surface area (Å²) in [6.45, 7) is 4.20. The van der Waals surface area contributed by atoms with Crippen molar-refractivity contribution in [2.75, 3.05) is 0 Å². The van der Waals surface area contributed by atoms with Gasteiger partial charge in [0.25, 0.3) is 0 Å². The summed E-state index contributed by atoms with van der Waals surface area (Å²) >= 11 is 5.14. The van der Waals surface area contributed by atoms with Crippen LogP contribution in [0, 0.1) is 19.7 Å². The lowest BCUT2D eigenvalue weighted by Crippen LogP contribution is -2.29. The van der Waals surface area contributed by atoms with Gasteiger partial charge in [0.2, 0.25) is 0 Å². The fourth-order valence-corrected chi connectivity index (χ4v) is 3.54. The Hall–Kier alpha value is -0.750. The van der Waals surface area contributed by atoms with E-state index in [1.165, 1.54) is 27.5 Å². The van der Waals surface area contributed by atoms with Crippen LogP contribution in [0.1, 0.15) is 26.9 Å². The van der Waals surface area contributed by atoms with Crippen molar-refractivity contribution in [2.24, 2.45) is 5.84 Å². The molecule has 0 fully saturated rings. The maximum Gasteiger partial charge on any atom is 0.124 e. The second-order valence-electron chi connectivity index (χ2n) is 4.55. The summed E-state index contributed by atoms with van der Waals surface area (Å²) in [5.41, 5.74) is 5.16. The van der Waals surface area contributed by atoms with Crippen molar-refractivity contribution >= 4 is 27.3 Å². The highest BCUT2D eigenvalue weighted by molar-refractivity contribution is 9.10. The number of hydrogen-bond donors (Lipinski definition) is 2. The van der Waals surface area contributed by atoms with Crippen molar-refractivity contribution in [3.05, 3.63) is 55.4 Å². The van der Waals surface area contributed by atoms with E-state index in [1.807, 2.05) is 0 Å². The minimum atomic E-state index is -0.240. The van der Waals surface area contributed by atoms with E-state index < -0.39 is 0 Å². The van der Waals surface area contributed by atoms with Crippen LogP contribution in [0.25, 0.3) is 0 Å². The predicted octanol–water partition coefficient (Wildman–Crippen LogP) is 4.01. The highest BCUT2D eigenvalue weighted by atomic mass is 79.9. The molecule has 1 aromatic heterocycles. The summed E-state index contributed by atoms with van der Waals surface area (Å²) in [4.78, 5) is 2.50. The maximum absolute atomic E-state index is 13.1. The molecule has 2 aromatic rings. The Labute approximate surface area is 124 Å². The molecule has 0 saturated heterocycles. The Morgan fingerprint density at radius 3 is 2.63 bits per heavy atom. The van der Waals surface area contributed by atoms with E-state index in [4.69, 9.17) is 5.84 Å². The fourth-order valence-electron chi connectivity index (χ4n) is 1.92. The van der Waals surface area contributed by atoms with Crippen LogP contribution in [-0.2, 0) is 6.42 Å². The Kier molecular flexibility index (Phi) is 4.73. The third-order valence-corrected chi connectivity index (χ3v) is 5.17. The smallest absolute Gasteiger partial charge is 0.124 e. The summed E-state index contributed by atoms with van der Waals surface area (Å²) in [7, 11) is 0. The zero-order valence-electron chi connectivity index (χ0n) is 10.8. The number of thiophene rings is 1. The van der Waals surface area contributed by atoms with Crippen molar-refractivity contribution < 1.29 is 4.39 Å². The highest BCUT2D eigenvalue weighted by Crippen LogP contribution is 2.30. The van der Waals surface area contributed by atoms with Gasteiger partial charge in [0, 0.05) is 14.2 Å². The highest BCUT2D eigenvalue weighted by Gasteiger charge is 2.15. The van der Waals surface area contributed by atoms with Gasteiger partial charge in [-0.1, -0.05) is 22.0 Å². The van der Waals surface area contributed by atoms with Gasteiger partial charge in [0.1, 0.15) is 5.82 Å². The monoisotopic (exact) mass is 342 g/mol. The molecule has 0 saturated carbocycles. The molecule has 0 aliphatic heterocycles. The van der Waals surface area contributed by atoms with E-state index in [2.05, 4.69) is 41.3 Å². The molecule has 102 valence electrons. The second kappa shape index (κ2) is 6.13. The van der Waals surface area contributed by atoms with E-state index in [1.54, 1.807) is 17.4 Å². The molecule has 2 nitrogen and oxygen atoms in total. The van der Waals surface area contributed by atoms with Gasteiger partial charge in [-0.05, 0) is 49.6 Å². The molecular weight excluding hydrogens is 327 g/mol. The minimum Gasteiger partial charge on any atom is -0.271 e. The van der Waals surface area contributed by atoms with Crippen molar-refractivity contribution in [2.45, 2.75) is 26.3 Å². The Morgan fingerprint density at radius 2 is 2.11 bits per heavy atom. The van der Waals surface area contributed by atoms with Crippen LogP contribution in [-0.4, -0.2) is 0 Å². The van der Waals surface area contributed by atoms with E-state index in [0.29, 0.717) is 0 Å². The first kappa shape index (κ1) is 14.7. The first-order valence-corrected chi connectivity index (χ1v) is 7.59. The molecule has 0 amide bonds. The summed E-state index contributed by atoms with van der Waals surface area (Å²) in [6, 6.07) is 6.94. The van der Waals surface area contributed by atoms with Gasteiger partial charge in [-0.3, -0.25) is 11.3 Å². The molecular formula is C14H16BrFN2S. The van der Waals surface area contributed by atoms with Crippen molar-refractivity contribution in [1.82, 2.24) is 5.43 Å².